The van der Waals surface area contributed by atoms with Crippen molar-refractivity contribution in [2.75, 3.05) is 11.5 Å². The van der Waals surface area contributed by atoms with Crippen LogP contribution in [0.5, 0.6) is 0 Å². The van der Waals surface area contributed by atoms with E-state index in [1.54, 1.807) is 0 Å². The fraction of sp³-hybridized carbons (Fsp3) is 1.00. The van der Waals surface area contributed by atoms with Gasteiger partial charge in [-0.25, -0.2) is 0 Å². The summed E-state index contributed by atoms with van der Waals surface area (Å²) in [5.41, 5.74) is 0. The predicted octanol–water partition coefficient (Wildman–Crippen LogP) is 8.43. The predicted molar refractivity (Wildman–Crippen MR) is 121 cm³/mol. The molecule has 0 N–H and O–H groups in total. The molecule has 26 heavy (non-hydrogen) atoms. The molecule has 2 atom stereocenters. The number of hydrogen-bond acceptors (Lipinski definition) is 1. The molecule has 0 saturated carbocycles. The molecule has 2 unspecified atom stereocenters. The molecule has 0 aromatic rings. The summed E-state index contributed by atoms with van der Waals surface area (Å²) >= 11 is 0. The van der Waals surface area contributed by atoms with Crippen molar-refractivity contribution in [3.8, 4) is 0 Å². The van der Waals surface area contributed by atoms with E-state index < -0.39 is 10.8 Å². The van der Waals surface area contributed by atoms with Crippen LogP contribution < -0.4 is 0 Å². The van der Waals surface area contributed by atoms with Crippen LogP contribution in [0.2, 0.25) is 0 Å². The highest BCUT2D eigenvalue weighted by Crippen LogP contribution is 2.20. The van der Waals surface area contributed by atoms with Gasteiger partial charge in [-0.2, -0.15) is 0 Å². The Kier molecular flexibility index (Phi) is 21.6. The number of unbranched alkanes of at least 4 members (excludes halogenated alkanes) is 13. The highest BCUT2D eigenvalue weighted by atomic mass is 32.2. The second kappa shape index (κ2) is 21.5. The van der Waals surface area contributed by atoms with Crippen molar-refractivity contribution < 1.29 is 4.21 Å². The minimum atomic E-state index is -0.573. The summed E-state index contributed by atoms with van der Waals surface area (Å²) in [7, 11) is -0.573. The Labute approximate surface area is 169 Å². The zero-order chi connectivity index (χ0) is 19.3. The fourth-order valence-corrected chi connectivity index (χ4v) is 5.33. The van der Waals surface area contributed by atoms with E-state index in [0.29, 0.717) is 0 Å². The lowest BCUT2D eigenvalue weighted by atomic mass is 9.96. The maximum atomic E-state index is 12.5. The Morgan fingerprint density at radius 3 is 1.42 bits per heavy atom. The topological polar surface area (TPSA) is 17.1 Å². The zero-order valence-corrected chi connectivity index (χ0v) is 19.4. The quantitative estimate of drug-likeness (QED) is 0.181. The molecule has 1 nitrogen and oxygen atoms in total. The third kappa shape index (κ3) is 18.9. The molecule has 0 spiro atoms. The minimum absolute atomic E-state index is 0.573. The van der Waals surface area contributed by atoms with Crippen LogP contribution in [-0.4, -0.2) is 15.7 Å². The lowest BCUT2D eigenvalue weighted by Gasteiger charge is -2.17. The molecule has 0 aliphatic rings. The third-order valence-corrected chi connectivity index (χ3v) is 7.17. The average Bonchev–Trinajstić information content (AvgIpc) is 2.64. The SMILES string of the molecule is CCCCCCCCCCC(CCCCCC)CS(=O)CCCCCC. The molecule has 0 amide bonds. The van der Waals surface area contributed by atoms with Gasteiger partial charge in [-0.15, -0.1) is 0 Å². The van der Waals surface area contributed by atoms with E-state index in [4.69, 9.17) is 0 Å². The Hall–Kier alpha value is 0.150. The van der Waals surface area contributed by atoms with Crippen LogP contribution in [0.1, 0.15) is 136 Å². The van der Waals surface area contributed by atoms with Gasteiger partial charge in [0.1, 0.15) is 0 Å². The summed E-state index contributed by atoms with van der Waals surface area (Å²) in [6, 6.07) is 0. The van der Waals surface area contributed by atoms with Gasteiger partial charge in [-0.1, -0.05) is 117 Å². The van der Waals surface area contributed by atoms with Crippen LogP contribution in [-0.2, 0) is 10.8 Å². The summed E-state index contributed by atoms with van der Waals surface area (Å²) in [5.74, 6) is 2.65. The van der Waals surface area contributed by atoms with Crippen molar-refractivity contribution >= 4 is 10.8 Å². The van der Waals surface area contributed by atoms with Gasteiger partial charge in [0.05, 0.1) is 0 Å². The zero-order valence-electron chi connectivity index (χ0n) is 18.5. The first-order valence-corrected chi connectivity index (χ1v) is 13.6. The minimum Gasteiger partial charge on any atom is -0.260 e. The van der Waals surface area contributed by atoms with E-state index in [9.17, 15) is 4.21 Å². The molecular formula is C24H50OS. The first kappa shape index (κ1) is 26.1. The third-order valence-electron chi connectivity index (χ3n) is 5.58. The maximum absolute atomic E-state index is 12.5. The molecule has 0 rings (SSSR count). The molecule has 0 aliphatic carbocycles. The van der Waals surface area contributed by atoms with E-state index in [1.165, 1.54) is 116 Å². The van der Waals surface area contributed by atoms with Crippen molar-refractivity contribution in [1.29, 1.82) is 0 Å². The van der Waals surface area contributed by atoms with E-state index in [2.05, 4.69) is 20.8 Å². The Morgan fingerprint density at radius 2 is 0.923 bits per heavy atom. The van der Waals surface area contributed by atoms with Crippen LogP contribution in [0, 0.1) is 5.92 Å². The summed E-state index contributed by atoms with van der Waals surface area (Å²) in [4.78, 5) is 0. The molecule has 2 heteroatoms. The molecule has 158 valence electrons. The van der Waals surface area contributed by atoms with E-state index in [1.807, 2.05) is 0 Å². The van der Waals surface area contributed by atoms with Gasteiger partial charge in [0.25, 0.3) is 0 Å². The Morgan fingerprint density at radius 1 is 0.538 bits per heavy atom. The van der Waals surface area contributed by atoms with Gasteiger partial charge < -0.3 is 0 Å². The number of rotatable bonds is 21. The van der Waals surface area contributed by atoms with Crippen LogP contribution in [0.15, 0.2) is 0 Å². The number of hydrogen-bond donors (Lipinski definition) is 0. The lowest BCUT2D eigenvalue weighted by molar-refractivity contribution is 0.436. The van der Waals surface area contributed by atoms with Gasteiger partial charge in [-0.05, 0) is 25.2 Å². The molecule has 0 heterocycles. The summed E-state index contributed by atoms with van der Waals surface area (Å²) in [6.45, 7) is 6.81. The molecule has 0 bridgehead atoms. The van der Waals surface area contributed by atoms with Crippen LogP contribution >= 0.6 is 0 Å². The van der Waals surface area contributed by atoms with Crippen molar-refractivity contribution in [2.45, 2.75) is 136 Å². The normalized spacial score (nSPS) is 13.8. The highest BCUT2D eigenvalue weighted by molar-refractivity contribution is 7.84. The summed E-state index contributed by atoms with van der Waals surface area (Å²) in [5, 5.41) is 0. The molecule has 0 saturated heterocycles. The average molecular weight is 387 g/mol. The molecule has 0 radical (unpaired) electrons. The van der Waals surface area contributed by atoms with Crippen molar-refractivity contribution in [3.63, 3.8) is 0 Å². The molecule has 0 aromatic heterocycles. The fourth-order valence-electron chi connectivity index (χ4n) is 3.77. The second-order valence-electron chi connectivity index (χ2n) is 8.35. The molecule has 0 aromatic carbocycles. The van der Waals surface area contributed by atoms with Gasteiger partial charge in [0.15, 0.2) is 0 Å². The second-order valence-corrected chi connectivity index (χ2v) is 9.97. The van der Waals surface area contributed by atoms with Crippen molar-refractivity contribution in [2.24, 2.45) is 5.92 Å². The molecule has 0 fully saturated rings. The van der Waals surface area contributed by atoms with E-state index in [0.717, 1.165) is 17.4 Å². The molecule has 0 aliphatic heterocycles. The van der Waals surface area contributed by atoms with Gasteiger partial charge in [-0.3, -0.25) is 4.21 Å². The van der Waals surface area contributed by atoms with E-state index in [-0.39, 0.29) is 0 Å². The first-order chi connectivity index (χ1) is 12.7. The van der Waals surface area contributed by atoms with Crippen LogP contribution in [0.3, 0.4) is 0 Å². The lowest BCUT2D eigenvalue weighted by Crippen LogP contribution is -2.14. The maximum Gasteiger partial charge on any atom is 0.0263 e. The van der Waals surface area contributed by atoms with Gasteiger partial charge >= 0.3 is 0 Å². The van der Waals surface area contributed by atoms with Gasteiger partial charge in [0.2, 0.25) is 0 Å². The van der Waals surface area contributed by atoms with E-state index >= 15 is 0 Å². The summed E-state index contributed by atoms with van der Waals surface area (Å²) in [6.07, 6.45) is 24.2. The summed E-state index contributed by atoms with van der Waals surface area (Å²) < 4.78 is 12.5. The van der Waals surface area contributed by atoms with Gasteiger partial charge in [0, 0.05) is 22.3 Å². The monoisotopic (exact) mass is 386 g/mol. The molecular weight excluding hydrogens is 336 g/mol. The van der Waals surface area contributed by atoms with Crippen molar-refractivity contribution in [3.05, 3.63) is 0 Å². The Bertz CT molecular complexity index is 290. The standard InChI is InChI=1S/C24H50OS/c1-4-7-10-13-14-15-16-18-21-24(20-17-11-8-5-2)23-26(25)22-19-12-9-6-3/h24H,4-23H2,1-3H3. The van der Waals surface area contributed by atoms with Crippen LogP contribution in [0.25, 0.3) is 0 Å². The van der Waals surface area contributed by atoms with Crippen LogP contribution in [0.4, 0.5) is 0 Å². The smallest absolute Gasteiger partial charge is 0.0263 e. The Balaban J connectivity index is 3.91. The van der Waals surface area contributed by atoms with Crippen molar-refractivity contribution in [1.82, 2.24) is 0 Å². The highest BCUT2D eigenvalue weighted by Gasteiger charge is 2.12. The first-order valence-electron chi connectivity index (χ1n) is 12.1. The largest absolute Gasteiger partial charge is 0.260 e.